The van der Waals surface area contributed by atoms with Crippen molar-refractivity contribution in [1.82, 2.24) is 15.0 Å². The third kappa shape index (κ3) is 4.02. The first kappa shape index (κ1) is 15.0. The summed E-state index contributed by atoms with van der Waals surface area (Å²) in [6.07, 6.45) is 3.40. The van der Waals surface area contributed by atoms with E-state index in [1.165, 1.54) is 0 Å². The average Bonchev–Trinajstić information content (AvgIpc) is 2.51. The molecule has 2 aromatic heterocycles. The summed E-state index contributed by atoms with van der Waals surface area (Å²) in [7, 11) is 0. The number of nitriles is 1. The summed E-state index contributed by atoms with van der Waals surface area (Å²) in [4.78, 5) is 12.2. The van der Waals surface area contributed by atoms with Crippen LogP contribution in [0, 0.1) is 11.3 Å². The SMILES string of the molecule is N#Cc1c(Cl)nc(NCCO)nc1NCc1cccnc1. The fourth-order valence-corrected chi connectivity index (χ4v) is 1.81. The number of pyridine rings is 1. The van der Waals surface area contributed by atoms with Gasteiger partial charge in [-0.1, -0.05) is 17.7 Å². The third-order valence-electron chi connectivity index (χ3n) is 2.55. The second-order valence-corrected chi connectivity index (χ2v) is 4.40. The highest BCUT2D eigenvalue weighted by Gasteiger charge is 2.12. The van der Waals surface area contributed by atoms with Crippen LogP contribution in [0.3, 0.4) is 0 Å². The standard InChI is InChI=1S/C13H13ClN6O/c14-11-10(6-15)12(20-13(19-11)17-4-5-21)18-8-9-2-1-3-16-7-9/h1-3,7,21H,4-5,8H2,(H2,17,18,19,20). The minimum atomic E-state index is -0.0561. The van der Waals surface area contributed by atoms with Crippen LogP contribution in [0.25, 0.3) is 0 Å². The maximum Gasteiger partial charge on any atom is 0.226 e. The van der Waals surface area contributed by atoms with E-state index in [9.17, 15) is 0 Å². The zero-order valence-corrected chi connectivity index (χ0v) is 11.8. The molecule has 0 unspecified atom stereocenters. The Kier molecular flexibility index (Phi) is 5.26. The van der Waals surface area contributed by atoms with E-state index in [4.69, 9.17) is 22.0 Å². The van der Waals surface area contributed by atoms with Crippen molar-refractivity contribution < 1.29 is 5.11 Å². The molecule has 0 aliphatic carbocycles. The summed E-state index contributed by atoms with van der Waals surface area (Å²) >= 11 is 5.97. The number of anilines is 2. The normalized spacial score (nSPS) is 9.95. The molecule has 0 aliphatic heterocycles. The Balaban J connectivity index is 2.20. The second-order valence-electron chi connectivity index (χ2n) is 4.04. The van der Waals surface area contributed by atoms with Crippen LogP contribution in [0.15, 0.2) is 24.5 Å². The Hall–Kier alpha value is -2.43. The van der Waals surface area contributed by atoms with Crippen LogP contribution in [0.4, 0.5) is 11.8 Å². The summed E-state index contributed by atoms with van der Waals surface area (Å²) in [5.74, 6) is 0.587. The van der Waals surface area contributed by atoms with E-state index in [1.807, 2.05) is 18.2 Å². The van der Waals surface area contributed by atoms with Crippen molar-refractivity contribution in [2.24, 2.45) is 0 Å². The van der Waals surface area contributed by atoms with Gasteiger partial charge in [-0.15, -0.1) is 0 Å². The lowest BCUT2D eigenvalue weighted by molar-refractivity contribution is 0.311. The van der Waals surface area contributed by atoms with E-state index in [0.717, 1.165) is 5.56 Å². The number of aliphatic hydroxyl groups is 1. The van der Waals surface area contributed by atoms with E-state index < -0.39 is 0 Å². The zero-order chi connectivity index (χ0) is 15.1. The number of rotatable bonds is 6. The highest BCUT2D eigenvalue weighted by Crippen LogP contribution is 2.22. The molecule has 0 bridgehead atoms. The van der Waals surface area contributed by atoms with Crippen molar-refractivity contribution >= 4 is 23.4 Å². The molecule has 0 atom stereocenters. The van der Waals surface area contributed by atoms with Crippen LogP contribution in [0.2, 0.25) is 5.15 Å². The molecule has 0 saturated carbocycles. The molecule has 0 aromatic carbocycles. The van der Waals surface area contributed by atoms with Crippen molar-refractivity contribution in [1.29, 1.82) is 5.26 Å². The molecule has 2 aromatic rings. The molecule has 2 rings (SSSR count). The Morgan fingerprint density at radius 3 is 2.86 bits per heavy atom. The Morgan fingerprint density at radius 1 is 1.33 bits per heavy atom. The van der Waals surface area contributed by atoms with E-state index in [1.54, 1.807) is 12.4 Å². The molecule has 21 heavy (non-hydrogen) atoms. The molecule has 0 saturated heterocycles. The first-order chi connectivity index (χ1) is 10.2. The number of hydrogen-bond donors (Lipinski definition) is 3. The van der Waals surface area contributed by atoms with Gasteiger partial charge in [-0.2, -0.15) is 15.2 Å². The molecule has 0 amide bonds. The largest absolute Gasteiger partial charge is 0.395 e. The highest BCUT2D eigenvalue weighted by molar-refractivity contribution is 6.31. The topological polar surface area (TPSA) is 107 Å². The Labute approximate surface area is 126 Å². The minimum absolute atomic E-state index is 0.0561. The van der Waals surface area contributed by atoms with E-state index in [-0.39, 0.29) is 23.3 Å². The van der Waals surface area contributed by atoms with Gasteiger partial charge >= 0.3 is 0 Å². The summed E-state index contributed by atoms with van der Waals surface area (Å²) in [6.45, 7) is 0.693. The van der Waals surface area contributed by atoms with E-state index in [2.05, 4.69) is 25.6 Å². The van der Waals surface area contributed by atoms with Crippen LogP contribution in [0.5, 0.6) is 0 Å². The fraction of sp³-hybridized carbons (Fsp3) is 0.231. The maximum absolute atomic E-state index is 9.14. The first-order valence-corrected chi connectivity index (χ1v) is 6.57. The van der Waals surface area contributed by atoms with Crippen LogP contribution in [-0.4, -0.2) is 33.2 Å². The minimum Gasteiger partial charge on any atom is -0.395 e. The summed E-state index contributed by atoms with van der Waals surface area (Å²) in [5.41, 5.74) is 1.12. The highest BCUT2D eigenvalue weighted by atomic mass is 35.5. The van der Waals surface area contributed by atoms with Gasteiger partial charge in [0.15, 0.2) is 11.0 Å². The van der Waals surface area contributed by atoms with E-state index >= 15 is 0 Å². The van der Waals surface area contributed by atoms with Crippen molar-refractivity contribution in [2.75, 3.05) is 23.8 Å². The zero-order valence-electron chi connectivity index (χ0n) is 11.0. The molecule has 0 spiro atoms. The first-order valence-electron chi connectivity index (χ1n) is 6.19. The summed E-state index contributed by atoms with van der Waals surface area (Å²) in [6, 6.07) is 5.70. The van der Waals surface area contributed by atoms with Gasteiger partial charge < -0.3 is 15.7 Å². The molecular weight excluding hydrogens is 292 g/mol. The lowest BCUT2D eigenvalue weighted by atomic mass is 10.2. The second kappa shape index (κ2) is 7.38. The van der Waals surface area contributed by atoms with Crippen LogP contribution >= 0.6 is 11.6 Å². The van der Waals surface area contributed by atoms with Crippen molar-refractivity contribution in [2.45, 2.75) is 6.54 Å². The average molecular weight is 305 g/mol. The number of nitrogens with zero attached hydrogens (tertiary/aromatic N) is 4. The van der Waals surface area contributed by atoms with Gasteiger partial charge in [-0.05, 0) is 11.6 Å². The van der Waals surface area contributed by atoms with Gasteiger partial charge in [-0.25, -0.2) is 0 Å². The Bertz CT molecular complexity index is 643. The molecule has 3 N–H and O–H groups in total. The Morgan fingerprint density at radius 2 is 2.19 bits per heavy atom. The molecule has 8 heteroatoms. The van der Waals surface area contributed by atoms with Crippen LogP contribution in [0.1, 0.15) is 11.1 Å². The molecule has 0 aliphatic rings. The lowest BCUT2D eigenvalue weighted by Crippen LogP contribution is -2.12. The van der Waals surface area contributed by atoms with Gasteiger partial charge in [0, 0.05) is 25.5 Å². The molecule has 7 nitrogen and oxygen atoms in total. The van der Waals surface area contributed by atoms with E-state index in [0.29, 0.717) is 18.9 Å². The number of nitrogens with one attached hydrogen (secondary N) is 2. The van der Waals surface area contributed by atoms with Crippen molar-refractivity contribution in [3.05, 3.63) is 40.8 Å². The molecule has 0 radical (unpaired) electrons. The quantitative estimate of drug-likeness (QED) is 0.693. The van der Waals surface area contributed by atoms with Crippen LogP contribution in [-0.2, 0) is 6.54 Å². The molecule has 0 fully saturated rings. The molecular formula is C13H13ClN6O. The van der Waals surface area contributed by atoms with Gasteiger partial charge in [0.1, 0.15) is 11.6 Å². The van der Waals surface area contributed by atoms with Crippen molar-refractivity contribution in [3.63, 3.8) is 0 Å². The number of halogens is 1. The van der Waals surface area contributed by atoms with Crippen molar-refractivity contribution in [3.8, 4) is 6.07 Å². The predicted molar refractivity (Wildman–Crippen MR) is 78.9 cm³/mol. The molecule has 108 valence electrons. The smallest absolute Gasteiger partial charge is 0.226 e. The number of hydrogen-bond acceptors (Lipinski definition) is 7. The maximum atomic E-state index is 9.14. The number of aromatic nitrogens is 3. The monoisotopic (exact) mass is 304 g/mol. The van der Waals surface area contributed by atoms with Gasteiger partial charge in [0.2, 0.25) is 5.95 Å². The van der Waals surface area contributed by atoms with Crippen LogP contribution < -0.4 is 10.6 Å². The summed E-state index contributed by atoms with van der Waals surface area (Å²) < 4.78 is 0. The number of aliphatic hydroxyl groups excluding tert-OH is 1. The summed E-state index contributed by atoms with van der Waals surface area (Å²) in [5, 5.41) is 23.8. The third-order valence-corrected chi connectivity index (χ3v) is 2.83. The fourth-order valence-electron chi connectivity index (χ4n) is 1.60. The van der Waals surface area contributed by atoms with Gasteiger partial charge in [-0.3, -0.25) is 4.98 Å². The predicted octanol–water partition coefficient (Wildman–Crippen LogP) is 1.41. The van der Waals surface area contributed by atoms with Gasteiger partial charge in [0.05, 0.1) is 6.61 Å². The molecule has 2 heterocycles. The lowest BCUT2D eigenvalue weighted by Gasteiger charge is -2.10. The van der Waals surface area contributed by atoms with Gasteiger partial charge in [0.25, 0.3) is 0 Å².